The Hall–Kier alpha value is -2.51. The quantitative estimate of drug-likeness (QED) is 0.529. The van der Waals surface area contributed by atoms with Crippen LogP contribution in [-0.2, 0) is 0 Å². The van der Waals surface area contributed by atoms with Gasteiger partial charge in [0.1, 0.15) is 22.5 Å². The van der Waals surface area contributed by atoms with Gasteiger partial charge in [-0.15, -0.1) is 0 Å². The zero-order valence-corrected chi connectivity index (χ0v) is 13.5. The Labute approximate surface area is 142 Å². The highest BCUT2D eigenvalue weighted by Gasteiger charge is 2.31. The van der Waals surface area contributed by atoms with Gasteiger partial charge < -0.3 is 14.8 Å². The molecule has 0 aromatic carbocycles. The zero-order chi connectivity index (χ0) is 16.5. The molecular weight excluding hydrogens is 326 g/mol. The summed E-state index contributed by atoms with van der Waals surface area (Å²) in [5, 5.41) is 13.5. The third-order valence-corrected chi connectivity index (χ3v) is 4.81. The van der Waals surface area contributed by atoms with E-state index in [-0.39, 0.29) is 11.7 Å². The number of hydrogen-bond donors (Lipinski definition) is 2. The van der Waals surface area contributed by atoms with Crippen molar-refractivity contribution in [3.05, 3.63) is 53.4 Å². The van der Waals surface area contributed by atoms with E-state index in [1.54, 1.807) is 36.5 Å². The lowest BCUT2D eigenvalue weighted by atomic mass is 10.1. The number of ketones is 1. The summed E-state index contributed by atoms with van der Waals surface area (Å²) in [6, 6.07) is 8.70. The van der Waals surface area contributed by atoms with E-state index < -0.39 is 6.23 Å². The Morgan fingerprint density at radius 2 is 2.21 bits per heavy atom. The Morgan fingerprint density at radius 1 is 1.33 bits per heavy atom. The fourth-order valence-electron chi connectivity index (χ4n) is 2.39. The SMILES string of the molecule is O=C(c1ccccn1)c1sc(NC(O)C2CC2)nc1-c1ccco1. The molecule has 3 aromatic rings. The number of anilines is 1. The molecule has 122 valence electrons. The second kappa shape index (κ2) is 6.18. The topological polar surface area (TPSA) is 88.2 Å². The van der Waals surface area contributed by atoms with E-state index in [1.807, 2.05) is 0 Å². The fourth-order valence-corrected chi connectivity index (χ4v) is 3.34. The van der Waals surface area contributed by atoms with Crippen LogP contribution in [0.2, 0.25) is 0 Å². The molecule has 3 heterocycles. The van der Waals surface area contributed by atoms with Crippen molar-refractivity contribution in [3.8, 4) is 11.5 Å². The van der Waals surface area contributed by atoms with E-state index in [2.05, 4.69) is 15.3 Å². The van der Waals surface area contributed by atoms with Gasteiger partial charge in [-0.2, -0.15) is 0 Å². The summed E-state index contributed by atoms with van der Waals surface area (Å²) in [5.41, 5.74) is 0.814. The molecule has 0 bridgehead atoms. The number of nitrogens with one attached hydrogen (secondary N) is 1. The number of furan rings is 1. The van der Waals surface area contributed by atoms with Crippen molar-refractivity contribution in [2.45, 2.75) is 19.1 Å². The van der Waals surface area contributed by atoms with Gasteiger partial charge in [0.05, 0.1) is 6.26 Å². The minimum Gasteiger partial charge on any atom is -0.463 e. The summed E-state index contributed by atoms with van der Waals surface area (Å²) in [4.78, 5) is 21.8. The van der Waals surface area contributed by atoms with Gasteiger partial charge in [0, 0.05) is 12.1 Å². The second-order valence-electron chi connectivity index (χ2n) is 5.64. The molecule has 24 heavy (non-hydrogen) atoms. The highest BCUT2D eigenvalue weighted by Crippen LogP contribution is 2.36. The van der Waals surface area contributed by atoms with Crippen molar-refractivity contribution in [1.29, 1.82) is 0 Å². The van der Waals surface area contributed by atoms with Crippen LogP contribution in [0.1, 0.15) is 28.2 Å². The first kappa shape index (κ1) is 15.0. The van der Waals surface area contributed by atoms with E-state index in [0.717, 1.165) is 12.8 Å². The Bertz CT molecular complexity index is 841. The maximum Gasteiger partial charge on any atom is 0.223 e. The molecular formula is C17H15N3O3S. The maximum atomic E-state index is 12.8. The molecule has 7 heteroatoms. The smallest absolute Gasteiger partial charge is 0.223 e. The molecule has 4 rings (SSSR count). The molecule has 1 fully saturated rings. The molecule has 1 unspecified atom stereocenters. The van der Waals surface area contributed by atoms with E-state index in [4.69, 9.17) is 4.42 Å². The molecule has 1 saturated carbocycles. The average Bonchev–Trinajstić information content (AvgIpc) is 3.16. The lowest BCUT2D eigenvalue weighted by molar-refractivity contribution is 0.103. The predicted octanol–water partition coefficient (Wildman–Crippen LogP) is 3.17. The third kappa shape index (κ3) is 2.95. The Balaban J connectivity index is 1.70. The largest absolute Gasteiger partial charge is 0.463 e. The number of nitrogens with zero attached hydrogens (tertiary/aromatic N) is 2. The molecule has 2 N–H and O–H groups in total. The minimum absolute atomic E-state index is 0.214. The van der Waals surface area contributed by atoms with Gasteiger partial charge >= 0.3 is 0 Å². The average molecular weight is 341 g/mol. The van der Waals surface area contributed by atoms with Crippen LogP contribution in [0.15, 0.2) is 47.2 Å². The standard InChI is InChI=1S/C17H15N3O3S/c21-14(11-4-1-2-8-18-11)15-13(12-5-3-9-23-12)19-17(24-15)20-16(22)10-6-7-10/h1-5,8-10,16,22H,6-7H2,(H,19,20). The summed E-state index contributed by atoms with van der Waals surface area (Å²) in [7, 11) is 0. The number of aromatic nitrogens is 2. The van der Waals surface area contributed by atoms with Gasteiger partial charge in [-0.05, 0) is 37.1 Å². The monoisotopic (exact) mass is 341 g/mol. The van der Waals surface area contributed by atoms with Crippen molar-refractivity contribution < 1.29 is 14.3 Å². The van der Waals surface area contributed by atoms with Crippen molar-refractivity contribution in [2.75, 3.05) is 5.32 Å². The molecule has 0 saturated heterocycles. The van der Waals surface area contributed by atoms with Crippen molar-refractivity contribution in [2.24, 2.45) is 5.92 Å². The number of rotatable bonds is 6. The fraction of sp³-hybridized carbons (Fsp3) is 0.235. The predicted molar refractivity (Wildman–Crippen MR) is 89.8 cm³/mol. The first-order valence-electron chi connectivity index (χ1n) is 7.67. The molecule has 0 radical (unpaired) electrons. The normalized spacial score (nSPS) is 15.2. The van der Waals surface area contributed by atoms with Crippen LogP contribution < -0.4 is 5.32 Å². The van der Waals surface area contributed by atoms with Gasteiger partial charge in [0.25, 0.3) is 0 Å². The first-order chi connectivity index (χ1) is 11.7. The number of carbonyl (C=O) groups is 1. The van der Waals surface area contributed by atoms with E-state index >= 15 is 0 Å². The van der Waals surface area contributed by atoms with Crippen LogP contribution in [0.25, 0.3) is 11.5 Å². The molecule has 0 amide bonds. The Kier molecular flexibility index (Phi) is 3.87. The zero-order valence-electron chi connectivity index (χ0n) is 12.7. The second-order valence-corrected chi connectivity index (χ2v) is 6.64. The Morgan fingerprint density at radius 3 is 2.88 bits per heavy atom. The van der Waals surface area contributed by atoms with Crippen LogP contribution in [-0.4, -0.2) is 27.1 Å². The molecule has 6 nitrogen and oxygen atoms in total. The lowest BCUT2D eigenvalue weighted by Gasteiger charge is -2.09. The van der Waals surface area contributed by atoms with Gasteiger partial charge in [0.15, 0.2) is 10.9 Å². The van der Waals surface area contributed by atoms with Crippen LogP contribution in [0.5, 0.6) is 0 Å². The molecule has 0 aliphatic heterocycles. The molecule has 0 spiro atoms. The first-order valence-corrected chi connectivity index (χ1v) is 8.49. The highest BCUT2D eigenvalue weighted by atomic mass is 32.1. The van der Waals surface area contributed by atoms with E-state index in [0.29, 0.717) is 27.2 Å². The lowest BCUT2D eigenvalue weighted by Crippen LogP contribution is -2.20. The molecule has 1 aliphatic rings. The van der Waals surface area contributed by atoms with Crippen molar-refractivity contribution >= 4 is 22.3 Å². The third-order valence-electron chi connectivity index (χ3n) is 3.83. The number of thiazole rings is 1. The summed E-state index contributed by atoms with van der Waals surface area (Å²) in [6.45, 7) is 0. The van der Waals surface area contributed by atoms with Gasteiger partial charge in [0.2, 0.25) is 5.78 Å². The summed E-state index contributed by atoms with van der Waals surface area (Å²) in [6.07, 6.45) is 4.49. The molecule has 1 atom stereocenters. The van der Waals surface area contributed by atoms with Gasteiger partial charge in [-0.3, -0.25) is 9.78 Å². The molecule has 3 aromatic heterocycles. The van der Waals surface area contributed by atoms with Crippen LogP contribution in [0.4, 0.5) is 5.13 Å². The minimum atomic E-state index is -0.640. The van der Waals surface area contributed by atoms with Gasteiger partial charge in [-0.25, -0.2) is 4.98 Å². The number of aliphatic hydroxyl groups excluding tert-OH is 1. The van der Waals surface area contributed by atoms with Crippen molar-refractivity contribution in [1.82, 2.24) is 9.97 Å². The highest BCUT2D eigenvalue weighted by molar-refractivity contribution is 7.18. The van der Waals surface area contributed by atoms with Crippen LogP contribution in [0.3, 0.4) is 0 Å². The number of carbonyl (C=O) groups excluding carboxylic acids is 1. The van der Waals surface area contributed by atoms with Crippen LogP contribution >= 0.6 is 11.3 Å². The van der Waals surface area contributed by atoms with E-state index in [9.17, 15) is 9.90 Å². The maximum absolute atomic E-state index is 12.8. The number of aliphatic hydroxyl groups is 1. The summed E-state index contributed by atoms with van der Waals surface area (Å²) < 4.78 is 5.41. The summed E-state index contributed by atoms with van der Waals surface area (Å²) in [5.74, 6) is 0.559. The van der Waals surface area contributed by atoms with Gasteiger partial charge in [-0.1, -0.05) is 17.4 Å². The van der Waals surface area contributed by atoms with E-state index in [1.165, 1.54) is 17.6 Å². The van der Waals surface area contributed by atoms with Crippen LogP contribution in [0, 0.1) is 5.92 Å². The number of hydrogen-bond acceptors (Lipinski definition) is 7. The summed E-state index contributed by atoms with van der Waals surface area (Å²) >= 11 is 1.20. The van der Waals surface area contributed by atoms with Crippen molar-refractivity contribution in [3.63, 3.8) is 0 Å². The number of pyridine rings is 1. The molecule has 1 aliphatic carbocycles.